The summed E-state index contributed by atoms with van der Waals surface area (Å²) in [5.74, 6) is -0.0423. The standard InChI is InChI=1S/C14H14FNO3S/c1-2-19-11-7-9-12(10-8-11)20(17,18)16-14-6-4-3-5-13(14)15/h3-10,16H,2H2,1H3. The molecule has 4 nitrogen and oxygen atoms in total. The summed E-state index contributed by atoms with van der Waals surface area (Å²) < 4.78 is 45.1. The van der Waals surface area contributed by atoms with Crippen LogP contribution in [-0.2, 0) is 10.0 Å². The maximum Gasteiger partial charge on any atom is 0.261 e. The van der Waals surface area contributed by atoms with Crippen LogP contribution in [0.3, 0.4) is 0 Å². The number of para-hydroxylation sites is 1. The number of rotatable bonds is 5. The number of benzene rings is 2. The second-order valence-electron chi connectivity index (χ2n) is 3.99. The van der Waals surface area contributed by atoms with Gasteiger partial charge in [0.05, 0.1) is 17.2 Å². The molecular weight excluding hydrogens is 281 g/mol. The van der Waals surface area contributed by atoms with Gasteiger partial charge < -0.3 is 4.74 Å². The summed E-state index contributed by atoms with van der Waals surface area (Å²) in [5.41, 5.74) is -0.0821. The highest BCUT2D eigenvalue weighted by Gasteiger charge is 2.15. The van der Waals surface area contributed by atoms with Gasteiger partial charge in [-0.15, -0.1) is 0 Å². The van der Waals surface area contributed by atoms with E-state index in [4.69, 9.17) is 4.74 Å². The van der Waals surface area contributed by atoms with Gasteiger partial charge in [0, 0.05) is 0 Å². The molecule has 0 amide bonds. The Labute approximate surface area is 117 Å². The number of hydrogen-bond donors (Lipinski definition) is 1. The topological polar surface area (TPSA) is 55.4 Å². The summed E-state index contributed by atoms with van der Waals surface area (Å²) in [5, 5.41) is 0. The second-order valence-corrected chi connectivity index (χ2v) is 5.67. The van der Waals surface area contributed by atoms with E-state index in [0.717, 1.165) is 0 Å². The molecule has 0 aliphatic heterocycles. The summed E-state index contributed by atoms with van der Waals surface area (Å²) in [6.07, 6.45) is 0. The van der Waals surface area contributed by atoms with Gasteiger partial charge in [-0.05, 0) is 43.3 Å². The molecule has 2 aromatic carbocycles. The van der Waals surface area contributed by atoms with Gasteiger partial charge in [-0.3, -0.25) is 4.72 Å². The average molecular weight is 295 g/mol. The van der Waals surface area contributed by atoms with Crippen molar-refractivity contribution in [3.05, 3.63) is 54.3 Å². The highest BCUT2D eigenvalue weighted by Crippen LogP contribution is 2.20. The largest absolute Gasteiger partial charge is 0.494 e. The van der Waals surface area contributed by atoms with E-state index in [-0.39, 0.29) is 10.6 Å². The van der Waals surface area contributed by atoms with Crippen molar-refractivity contribution < 1.29 is 17.5 Å². The molecule has 0 aliphatic rings. The van der Waals surface area contributed by atoms with Gasteiger partial charge in [-0.25, -0.2) is 12.8 Å². The Hall–Kier alpha value is -2.08. The molecule has 0 aliphatic carbocycles. The quantitative estimate of drug-likeness (QED) is 0.922. The molecule has 106 valence electrons. The summed E-state index contributed by atoms with van der Waals surface area (Å²) in [6, 6.07) is 11.5. The van der Waals surface area contributed by atoms with Crippen molar-refractivity contribution in [3.8, 4) is 5.75 Å². The zero-order valence-corrected chi connectivity index (χ0v) is 11.7. The molecule has 0 unspecified atom stereocenters. The fraction of sp³-hybridized carbons (Fsp3) is 0.143. The number of nitrogens with one attached hydrogen (secondary N) is 1. The molecule has 0 bridgehead atoms. The summed E-state index contributed by atoms with van der Waals surface area (Å²) >= 11 is 0. The molecule has 2 rings (SSSR count). The van der Waals surface area contributed by atoms with Crippen molar-refractivity contribution in [1.82, 2.24) is 0 Å². The van der Waals surface area contributed by atoms with Crippen LogP contribution in [0.4, 0.5) is 10.1 Å². The van der Waals surface area contributed by atoms with E-state index in [1.807, 2.05) is 6.92 Å². The van der Waals surface area contributed by atoms with Crippen LogP contribution in [0, 0.1) is 5.82 Å². The minimum atomic E-state index is -3.81. The van der Waals surface area contributed by atoms with Crippen molar-refractivity contribution in [2.45, 2.75) is 11.8 Å². The first-order valence-electron chi connectivity index (χ1n) is 6.03. The molecule has 0 spiro atoms. The fourth-order valence-electron chi connectivity index (χ4n) is 1.63. The minimum Gasteiger partial charge on any atom is -0.494 e. The zero-order chi connectivity index (χ0) is 14.6. The summed E-state index contributed by atoms with van der Waals surface area (Å²) in [7, 11) is -3.81. The normalized spacial score (nSPS) is 11.1. The predicted octanol–water partition coefficient (Wildman–Crippen LogP) is 3.03. The Kier molecular flexibility index (Phi) is 4.24. The molecular formula is C14H14FNO3S. The molecule has 1 N–H and O–H groups in total. The van der Waals surface area contributed by atoms with Crippen LogP contribution in [0.25, 0.3) is 0 Å². The van der Waals surface area contributed by atoms with Gasteiger partial charge in [-0.1, -0.05) is 12.1 Å². The van der Waals surface area contributed by atoms with E-state index in [2.05, 4.69) is 4.72 Å². The van der Waals surface area contributed by atoms with Crippen molar-refractivity contribution >= 4 is 15.7 Å². The molecule has 0 heterocycles. The van der Waals surface area contributed by atoms with E-state index in [1.54, 1.807) is 18.2 Å². The van der Waals surface area contributed by atoms with E-state index in [0.29, 0.717) is 12.4 Å². The molecule has 0 saturated carbocycles. The van der Waals surface area contributed by atoms with Crippen LogP contribution in [0.2, 0.25) is 0 Å². The first-order valence-corrected chi connectivity index (χ1v) is 7.51. The fourth-order valence-corrected chi connectivity index (χ4v) is 2.70. The number of sulfonamides is 1. The third-order valence-electron chi connectivity index (χ3n) is 2.56. The average Bonchev–Trinajstić information content (AvgIpc) is 2.42. The van der Waals surface area contributed by atoms with E-state index < -0.39 is 15.8 Å². The Morgan fingerprint density at radius 3 is 2.35 bits per heavy atom. The lowest BCUT2D eigenvalue weighted by Gasteiger charge is -2.09. The highest BCUT2D eigenvalue weighted by molar-refractivity contribution is 7.92. The molecule has 0 atom stereocenters. The van der Waals surface area contributed by atoms with Gasteiger partial charge in [0.2, 0.25) is 0 Å². The maximum absolute atomic E-state index is 13.5. The van der Waals surface area contributed by atoms with Crippen molar-refractivity contribution in [2.75, 3.05) is 11.3 Å². The Morgan fingerprint density at radius 2 is 1.75 bits per heavy atom. The monoisotopic (exact) mass is 295 g/mol. The predicted molar refractivity (Wildman–Crippen MR) is 74.8 cm³/mol. The first-order chi connectivity index (χ1) is 9.53. The first kappa shape index (κ1) is 14.3. The van der Waals surface area contributed by atoms with Crippen LogP contribution < -0.4 is 9.46 Å². The van der Waals surface area contributed by atoms with Crippen LogP contribution >= 0.6 is 0 Å². The lowest BCUT2D eigenvalue weighted by atomic mass is 10.3. The zero-order valence-electron chi connectivity index (χ0n) is 10.8. The Bertz CT molecular complexity index is 684. The van der Waals surface area contributed by atoms with Crippen LogP contribution in [0.15, 0.2) is 53.4 Å². The molecule has 2 aromatic rings. The number of halogens is 1. The summed E-state index contributed by atoms with van der Waals surface area (Å²) in [6.45, 7) is 2.34. The van der Waals surface area contributed by atoms with Gasteiger partial charge in [0.15, 0.2) is 0 Å². The maximum atomic E-state index is 13.5. The van der Waals surface area contributed by atoms with E-state index in [9.17, 15) is 12.8 Å². The van der Waals surface area contributed by atoms with Crippen molar-refractivity contribution in [3.63, 3.8) is 0 Å². The van der Waals surface area contributed by atoms with Gasteiger partial charge in [-0.2, -0.15) is 0 Å². The van der Waals surface area contributed by atoms with Gasteiger partial charge in [0.25, 0.3) is 10.0 Å². The number of hydrogen-bond acceptors (Lipinski definition) is 3. The third-order valence-corrected chi connectivity index (χ3v) is 3.94. The Balaban J connectivity index is 2.24. The van der Waals surface area contributed by atoms with E-state index in [1.165, 1.54) is 30.3 Å². The molecule has 0 fully saturated rings. The van der Waals surface area contributed by atoms with Crippen molar-refractivity contribution in [1.29, 1.82) is 0 Å². The second kappa shape index (κ2) is 5.92. The molecule has 0 saturated heterocycles. The van der Waals surface area contributed by atoms with E-state index >= 15 is 0 Å². The van der Waals surface area contributed by atoms with Gasteiger partial charge >= 0.3 is 0 Å². The minimum absolute atomic E-state index is 0.0456. The SMILES string of the molecule is CCOc1ccc(S(=O)(=O)Nc2ccccc2F)cc1. The lowest BCUT2D eigenvalue weighted by Crippen LogP contribution is -2.13. The van der Waals surface area contributed by atoms with Crippen LogP contribution in [-0.4, -0.2) is 15.0 Å². The number of anilines is 1. The Morgan fingerprint density at radius 1 is 1.10 bits per heavy atom. The number of ether oxygens (including phenoxy) is 1. The lowest BCUT2D eigenvalue weighted by molar-refractivity contribution is 0.340. The van der Waals surface area contributed by atoms with Crippen LogP contribution in [0.1, 0.15) is 6.92 Å². The van der Waals surface area contributed by atoms with Crippen LogP contribution in [0.5, 0.6) is 5.75 Å². The summed E-state index contributed by atoms with van der Waals surface area (Å²) in [4.78, 5) is 0.0456. The van der Waals surface area contributed by atoms with Crippen molar-refractivity contribution in [2.24, 2.45) is 0 Å². The molecule has 20 heavy (non-hydrogen) atoms. The molecule has 0 radical (unpaired) electrons. The molecule has 0 aromatic heterocycles. The highest BCUT2D eigenvalue weighted by atomic mass is 32.2. The smallest absolute Gasteiger partial charge is 0.261 e. The third kappa shape index (κ3) is 3.27. The molecule has 6 heteroatoms. The van der Waals surface area contributed by atoms with Gasteiger partial charge in [0.1, 0.15) is 11.6 Å².